The van der Waals surface area contributed by atoms with Crippen molar-refractivity contribution in [2.24, 2.45) is 5.92 Å². The summed E-state index contributed by atoms with van der Waals surface area (Å²) in [7, 11) is 5.14. The van der Waals surface area contributed by atoms with E-state index in [9.17, 15) is 9.59 Å². The normalized spacial score (nSPS) is 14.5. The Morgan fingerprint density at radius 2 is 1.86 bits per heavy atom. The fraction of sp³-hybridized carbons (Fsp3) is 0.381. The molecule has 0 aliphatic carbocycles. The molecule has 0 atom stereocenters. The van der Waals surface area contributed by atoms with E-state index >= 15 is 0 Å². The van der Waals surface area contributed by atoms with Crippen molar-refractivity contribution < 1.29 is 14.3 Å². The Morgan fingerprint density at radius 3 is 2.54 bits per heavy atom. The van der Waals surface area contributed by atoms with E-state index in [0.29, 0.717) is 43.1 Å². The zero-order valence-corrected chi connectivity index (χ0v) is 16.5. The maximum Gasteiger partial charge on any atom is 0.257 e. The Hall–Kier alpha value is -3.09. The number of methoxy groups -OCH3 is 1. The summed E-state index contributed by atoms with van der Waals surface area (Å²) in [5, 5.41) is 3.21. The van der Waals surface area contributed by atoms with Gasteiger partial charge in [0.1, 0.15) is 11.6 Å². The quantitative estimate of drug-likeness (QED) is 0.861. The van der Waals surface area contributed by atoms with Gasteiger partial charge < -0.3 is 19.9 Å². The van der Waals surface area contributed by atoms with Crippen molar-refractivity contribution in [2.45, 2.75) is 12.8 Å². The number of likely N-dealkylation sites (tertiary alicyclic amines) is 1. The lowest BCUT2D eigenvalue weighted by atomic mass is 9.95. The van der Waals surface area contributed by atoms with Crippen molar-refractivity contribution in [3.63, 3.8) is 0 Å². The fourth-order valence-corrected chi connectivity index (χ4v) is 3.42. The summed E-state index contributed by atoms with van der Waals surface area (Å²) in [6.07, 6.45) is 3.01. The fourth-order valence-electron chi connectivity index (χ4n) is 3.42. The summed E-state index contributed by atoms with van der Waals surface area (Å²) in [6.45, 7) is 1.12. The molecule has 0 radical (unpaired) electrons. The Bertz CT molecular complexity index is 845. The molecule has 0 unspecified atom stereocenters. The first kappa shape index (κ1) is 19.7. The predicted octanol–water partition coefficient (Wildman–Crippen LogP) is 2.77. The van der Waals surface area contributed by atoms with E-state index < -0.39 is 0 Å². The van der Waals surface area contributed by atoms with E-state index in [-0.39, 0.29) is 17.7 Å². The van der Waals surface area contributed by atoms with Gasteiger partial charge in [-0.3, -0.25) is 9.59 Å². The molecule has 0 spiro atoms. The van der Waals surface area contributed by atoms with Gasteiger partial charge in [-0.15, -0.1) is 0 Å². The molecule has 1 fully saturated rings. The number of benzene rings is 1. The van der Waals surface area contributed by atoms with Gasteiger partial charge in [-0.1, -0.05) is 12.1 Å². The number of carbonyl (C=O) groups excluding carboxylic acids is 2. The van der Waals surface area contributed by atoms with Gasteiger partial charge in [-0.2, -0.15) is 0 Å². The average molecular weight is 382 g/mol. The topological polar surface area (TPSA) is 74.8 Å². The van der Waals surface area contributed by atoms with Crippen LogP contribution < -0.4 is 10.1 Å². The lowest BCUT2D eigenvalue weighted by Gasteiger charge is -2.32. The van der Waals surface area contributed by atoms with Crippen LogP contribution in [-0.4, -0.2) is 60.9 Å². The van der Waals surface area contributed by atoms with Crippen LogP contribution in [0.25, 0.3) is 0 Å². The number of para-hydroxylation sites is 2. The van der Waals surface area contributed by atoms with E-state index in [4.69, 9.17) is 4.74 Å². The van der Waals surface area contributed by atoms with Crippen LogP contribution in [0.5, 0.6) is 5.75 Å². The van der Waals surface area contributed by atoms with Crippen molar-refractivity contribution in [1.82, 2.24) is 14.8 Å². The first-order valence-electron chi connectivity index (χ1n) is 9.36. The average Bonchev–Trinajstić information content (AvgIpc) is 2.73. The third-order valence-electron chi connectivity index (χ3n) is 4.97. The second kappa shape index (κ2) is 8.73. The van der Waals surface area contributed by atoms with E-state index in [1.165, 1.54) is 0 Å². The molecule has 28 heavy (non-hydrogen) atoms. The van der Waals surface area contributed by atoms with Crippen molar-refractivity contribution in [2.75, 3.05) is 39.6 Å². The number of nitrogens with zero attached hydrogens (tertiary/aromatic N) is 3. The van der Waals surface area contributed by atoms with Crippen LogP contribution in [0.1, 0.15) is 23.2 Å². The summed E-state index contributed by atoms with van der Waals surface area (Å²) < 4.78 is 5.37. The monoisotopic (exact) mass is 382 g/mol. The van der Waals surface area contributed by atoms with Crippen LogP contribution in [0, 0.1) is 5.92 Å². The molecule has 1 aromatic heterocycles. The third-order valence-corrected chi connectivity index (χ3v) is 4.97. The first-order chi connectivity index (χ1) is 13.5. The minimum absolute atomic E-state index is 0.0147. The zero-order chi connectivity index (χ0) is 20.1. The molecule has 2 heterocycles. The molecule has 148 valence electrons. The highest BCUT2D eigenvalue weighted by molar-refractivity contribution is 5.99. The van der Waals surface area contributed by atoms with Crippen LogP contribution in [0.2, 0.25) is 0 Å². The summed E-state index contributed by atoms with van der Waals surface area (Å²) in [6, 6.07) is 11.0. The lowest BCUT2D eigenvalue weighted by molar-refractivity contribution is -0.134. The van der Waals surface area contributed by atoms with Crippen LogP contribution in [0.3, 0.4) is 0 Å². The molecular formula is C21H26N4O3. The molecular weight excluding hydrogens is 356 g/mol. The number of amides is 2. The Kier molecular flexibility index (Phi) is 6.13. The highest BCUT2D eigenvalue weighted by Crippen LogP contribution is 2.29. The van der Waals surface area contributed by atoms with Crippen LogP contribution in [0.15, 0.2) is 42.6 Å². The Morgan fingerprint density at radius 1 is 1.14 bits per heavy atom. The van der Waals surface area contributed by atoms with Crippen molar-refractivity contribution in [3.8, 4) is 5.75 Å². The predicted molar refractivity (Wildman–Crippen MR) is 108 cm³/mol. The Labute approximate surface area is 165 Å². The number of nitrogens with one attached hydrogen (secondary N) is 1. The lowest BCUT2D eigenvalue weighted by Crippen LogP contribution is -2.42. The molecule has 0 saturated carbocycles. The number of pyridine rings is 1. The molecule has 1 aliphatic heterocycles. The van der Waals surface area contributed by atoms with Crippen molar-refractivity contribution in [1.29, 1.82) is 0 Å². The van der Waals surface area contributed by atoms with Gasteiger partial charge in [0.15, 0.2) is 0 Å². The summed E-state index contributed by atoms with van der Waals surface area (Å²) in [5.41, 5.74) is 1.25. The largest absolute Gasteiger partial charge is 0.495 e. The van der Waals surface area contributed by atoms with E-state index in [1.807, 2.05) is 24.3 Å². The van der Waals surface area contributed by atoms with Gasteiger partial charge in [-0.25, -0.2) is 4.98 Å². The maximum absolute atomic E-state index is 13.1. The smallest absolute Gasteiger partial charge is 0.257 e. The number of ether oxygens (including phenoxy) is 1. The molecule has 1 saturated heterocycles. The van der Waals surface area contributed by atoms with E-state index in [0.717, 1.165) is 5.69 Å². The summed E-state index contributed by atoms with van der Waals surface area (Å²) in [4.78, 5) is 33.0. The SMILES string of the molecule is COc1ccccc1Nc1ncccc1C(=O)N1CCC(C(=O)N(C)C)CC1. The molecule has 3 rings (SSSR count). The van der Waals surface area contributed by atoms with Gasteiger partial charge in [0.2, 0.25) is 5.91 Å². The minimum Gasteiger partial charge on any atom is -0.495 e. The molecule has 2 amide bonds. The standard InChI is InChI=1S/C21H26N4O3/c1-24(2)20(26)15-10-13-25(14-11-15)21(27)16-7-6-12-22-19(16)23-17-8-4-5-9-18(17)28-3/h4-9,12,15H,10-11,13-14H2,1-3H3,(H,22,23). The van der Waals surface area contributed by atoms with Gasteiger partial charge in [0.25, 0.3) is 5.91 Å². The minimum atomic E-state index is -0.0822. The number of piperidine rings is 1. The summed E-state index contributed by atoms with van der Waals surface area (Å²) >= 11 is 0. The second-order valence-corrected chi connectivity index (χ2v) is 7.02. The number of anilines is 2. The first-order valence-corrected chi connectivity index (χ1v) is 9.36. The van der Waals surface area contributed by atoms with Crippen LogP contribution >= 0.6 is 0 Å². The molecule has 7 heteroatoms. The van der Waals surface area contributed by atoms with E-state index in [2.05, 4.69) is 10.3 Å². The zero-order valence-electron chi connectivity index (χ0n) is 16.5. The molecule has 2 aromatic rings. The highest BCUT2D eigenvalue weighted by Gasteiger charge is 2.29. The number of carbonyl (C=O) groups is 2. The molecule has 1 N–H and O–H groups in total. The molecule has 1 aliphatic rings. The van der Waals surface area contributed by atoms with Gasteiger partial charge in [-0.05, 0) is 37.1 Å². The second-order valence-electron chi connectivity index (χ2n) is 7.02. The van der Waals surface area contributed by atoms with Gasteiger partial charge in [0, 0.05) is 39.3 Å². The number of hydrogen-bond donors (Lipinski definition) is 1. The van der Waals surface area contributed by atoms with Crippen LogP contribution in [0.4, 0.5) is 11.5 Å². The number of hydrogen-bond acceptors (Lipinski definition) is 5. The maximum atomic E-state index is 13.1. The number of rotatable bonds is 5. The Balaban J connectivity index is 1.74. The van der Waals surface area contributed by atoms with Crippen LogP contribution in [-0.2, 0) is 4.79 Å². The van der Waals surface area contributed by atoms with Gasteiger partial charge >= 0.3 is 0 Å². The van der Waals surface area contributed by atoms with Crippen molar-refractivity contribution >= 4 is 23.3 Å². The highest BCUT2D eigenvalue weighted by atomic mass is 16.5. The number of aromatic nitrogens is 1. The van der Waals surface area contributed by atoms with Gasteiger partial charge in [0.05, 0.1) is 18.4 Å². The third kappa shape index (κ3) is 4.24. The van der Waals surface area contributed by atoms with Crippen molar-refractivity contribution in [3.05, 3.63) is 48.2 Å². The molecule has 7 nitrogen and oxygen atoms in total. The van der Waals surface area contributed by atoms with E-state index in [1.54, 1.807) is 49.3 Å². The molecule has 1 aromatic carbocycles. The summed E-state index contributed by atoms with van der Waals surface area (Å²) in [5.74, 6) is 1.20. The molecule has 0 bridgehead atoms.